The highest BCUT2D eigenvalue weighted by Crippen LogP contribution is 2.30. The summed E-state index contributed by atoms with van der Waals surface area (Å²) in [5.74, 6) is -0.436. The molecule has 1 aliphatic rings. The van der Waals surface area contributed by atoms with Crippen molar-refractivity contribution in [3.63, 3.8) is 0 Å². The van der Waals surface area contributed by atoms with Crippen molar-refractivity contribution in [2.24, 2.45) is 0 Å². The predicted octanol–water partition coefficient (Wildman–Crippen LogP) is 2.91. The molecular formula is C19H19ClFN5O. The van der Waals surface area contributed by atoms with Gasteiger partial charge in [0.2, 0.25) is 0 Å². The summed E-state index contributed by atoms with van der Waals surface area (Å²) in [5.41, 5.74) is 2.27. The molecule has 1 amide bonds. The third-order valence-corrected chi connectivity index (χ3v) is 5.29. The highest BCUT2D eigenvalue weighted by molar-refractivity contribution is 6.38. The van der Waals surface area contributed by atoms with Crippen molar-refractivity contribution < 1.29 is 9.18 Å². The number of halogens is 2. The average molecular weight is 388 g/mol. The molecule has 0 aliphatic carbocycles. The van der Waals surface area contributed by atoms with Crippen LogP contribution in [0.5, 0.6) is 0 Å². The Kier molecular flexibility index (Phi) is 4.57. The van der Waals surface area contributed by atoms with Crippen LogP contribution in [0.3, 0.4) is 0 Å². The molecule has 2 aromatic heterocycles. The second-order valence-corrected chi connectivity index (χ2v) is 7.13. The van der Waals surface area contributed by atoms with Gasteiger partial charge in [0.05, 0.1) is 27.4 Å². The minimum Gasteiger partial charge on any atom is -0.336 e. The Labute approximate surface area is 161 Å². The lowest BCUT2D eigenvalue weighted by Gasteiger charge is -2.32. The molecule has 27 heavy (non-hydrogen) atoms. The highest BCUT2D eigenvalue weighted by atomic mass is 35.5. The second-order valence-electron chi connectivity index (χ2n) is 6.75. The number of carbonyl (C=O) groups excluding carboxylic acids is 1. The summed E-state index contributed by atoms with van der Waals surface area (Å²) in [6, 6.07) is 5.98. The molecule has 0 radical (unpaired) electrons. The molecule has 0 saturated carbocycles. The van der Waals surface area contributed by atoms with Crippen LogP contribution in [0.2, 0.25) is 5.02 Å². The lowest BCUT2D eigenvalue weighted by Crippen LogP contribution is -2.47. The number of hydrogen-bond donors (Lipinski definition) is 0. The molecule has 0 unspecified atom stereocenters. The van der Waals surface area contributed by atoms with Crippen LogP contribution in [0, 0.1) is 12.7 Å². The smallest absolute Gasteiger partial charge is 0.257 e. The lowest BCUT2D eigenvalue weighted by molar-refractivity contribution is 0.0664. The van der Waals surface area contributed by atoms with Crippen molar-refractivity contribution in [3.8, 4) is 5.69 Å². The first kappa shape index (κ1) is 17.9. The minimum absolute atomic E-state index is 0.114. The summed E-state index contributed by atoms with van der Waals surface area (Å²) in [4.78, 5) is 21.4. The number of amides is 1. The average Bonchev–Trinajstić information content (AvgIpc) is 3.00. The molecule has 1 aliphatic heterocycles. The summed E-state index contributed by atoms with van der Waals surface area (Å²) >= 11 is 6.60. The van der Waals surface area contributed by atoms with E-state index in [1.807, 2.05) is 14.0 Å². The van der Waals surface area contributed by atoms with Gasteiger partial charge in [-0.2, -0.15) is 5.10 Å². The molecule has 1 fully saturated rings. The van der Waals surface area contributed by atoms with Crippen molar-refractivity contribution in [2.45, 2.75) is 6.92 Å². The largest absolute Gasteiger partial charge is 0.336 e. The van der Waals surface area contributed by atoms with E-state index in [0.29, 0.717) is 46.1 Å². The van der Waals surface area contributed by atoms with Gasteiger partial charge in [-0.25, -0.2) is 14.1 Å². The van der Waals surface area contributed by atoms with Gasteiger partial charge in [0.25, 0.3) is 5.91 Å². The van der Waals surface area contributed by atoms with E-state index in [9.17, 15) is 9.18 Å². The number of hydrogen-bond acceptors (Lipinski definition) is 4. The Morgan fingerprint density at radius 3 is 2.48 bits per heavy atom. The zero-order valence-electron chi connectivity index (χ0n) is 15.1. The number of pyridine rings is 1. The minimum atomic E-state index is -0.321. The van der Waals surface area contributed by atoms with Crippen molar-refractivity contribution in [3.05, 3.63) is 52.6 Å². The van der Waals surface area contributed by atoms with Crippen molar-refractivity contribution in [1.29, 1.82) is 0 Å². The van der Waals surface area contributed by atoms with Gasteiger partial charge >= 0.3 is 0 Å². The monoisotopic (exact) mass is 387 g/mol. The molecule has 140 valence electrons. The topological polar surface area (TPSA) is 54.3 Å². The van der Waals surface area contributed by atoms with E-state index in [1.54, 1.807) is 21.7 Å². The lowest BCUT2D eigenvalue weighted by atomic mass is 10.1. The zero-order chi connectivity index (χ0) is 19.1. The van der Waals surface area contributed by atoms with Crippen LogP contribution in [0.1, 0.15) is 16.1 Å². The third kappa shape index (κ3) is 3.17. The molecule has 0 spiro atoms. The Balaban J connectivity index is 1.75. The van der Waals surface area contributed by atoms with Crippen molar-refractivity contribution in [1.82, 2.24) is 24.6 Å². The molecular weight excluding hydrogens is 369 g/mol. The SMILES string of the molecule is Cc1nn(-c2ccc(F)cc2)c2ncc(C(=O)N3CCN(C)CC3)c(Cl)c12. The van der Waals surface area contributed by atoms with Gasteiger partial charge in [0, 0.05) is 32.4 Å². The number of benzene rings is 1. The van der Waals surface area contributed by atoms with Crippen LogP contribution in [0.15, 0.2) is 30.5 Å². The highest BCUT2D eigenvalue weighted by Gasteiger charge is 2.25. The maximum atomic E-state index is 13.2. The van der Waals surface area contributed by atoms with Crippen molar-refractivity contribution >= 4 is 28.5 Å². The summed E-state index contributed by atoms with van der Waals surface area (Å²) in [6.45, 7) is 4.82. The van der Waals surface area contributed by atoms with E-state index in [0.717, 1.165) is 13.1 Å². The second kappa shape index (κ2) is 6.90. The van der Waals surface area contributed by atoms with Crippen LogP contribution >= 0.6 is 11.6 Å². The van der Waals surface area contributed by atoms with Crippen LogP contribution < -0.4 is 0 Å². The number of aromatic nitrogens is 3. The van der Waals surface area contributed by atoms with Gasteiger partial charge in [-0.3, -0.25) is 4.79 Å². The van der Waals surface area contributed by atoms with Gasteiger partial charge in [0.15, 0.2) is 5.65 Å². The summed E-state index contributed by atoms with van der Waals surface area (Å²) in [7, 11) is 2.04. The molecule has 0 atom stereocenters. The molecule has 1 saturated heterocycles. The molecule has 0 N–H and O–H groups in total. The van der Waals surface area contributed by atoms with Crippen molar-refractivity contribution in [2.75, 3.05) is 33.2 Å². The van der Waals surface area contributed by atoms with Crippen LogP contribution in [-0.2, 0) is 0 Å². The first-order valence-electron chi connectivity index (χ1n) is 8.73. The fourth-order valence-electron chi connectivity index (χ4n) is 3.30. The number of piperazine rings is 1. The van der Waals surface area contributed by atoms with E-state index in [-0.39, 0.29) is 11.7 Å². The Morgan fingerprint density at radius 1 is 1.15 bits per heavy atom. The summed E-state index contributed by atoms with van der Waals surface area (Å²) in [5, 5.41) is 5.49. The number of likely N-dealkylation sites (N-methyl/N-ethyl adjacent to an activating group) is 1. The summed E-state index contributed by atoms with van der Waals surface area (Å²) < 4.78 is 14.8. The van der Waals surface area contributed by atoms with Gasteiger partial charge in [0.1, 0.15) is 5.82 Å². The summed E-state index contributed by atoms with van der Waals surface area (Å²) in [6.07, 6.45) is 1.51. The number of carbonyl (C=O) groups is 1. The molecule has 3 aromatic rings. The van der Waals surface area contributed by atoms with E-state index < -0.39 is 0 Å². The van der Waals surface area contributed by atoms with E-state index >= 15 is 0 Å². The van der Waals surface area contributed by atoms with Gasteiger partial charge in [-0.05, 0) is 38.2 Å². The van der Waals surface area contributed by atoms with E-state index in [1.165, 1.54) is 18.3 Å². The van der Waals surface area contributed by atoms with Gasteiger partial charge < -0.3 is 9.80 Å². The number of nitrogens with zero attached hydrogens (tertiary/aromatic N) is 5. The maximum Gasteiger partial charge on any atom is 0.257 e. The zero-order valence-corrected chi connectivity index (χ0v) is 15.9. The molecule has 0 bridgehead atoms. The fraction of sp³-hybridized carbons (Fsp3) is 0.316. The van der Waals surface area contributed by atoms with Crippen LogP contribution in [-0.4, -0.2) is 63.7 Å². The number of fused-ring (bicyclic) bond motifs is 1. The molecule has 3 heterocycles. The molecule has 1 aromatic carbocycles. The third-order valence-electron chi connectivity index (χ3n) is 4.90. The first-order chi connectivity index (χ1) is 13.0. The Morgan fingerprint density at radius 2 is 1.81 bits per heavy atom. The fourth-order valence-corrected chi connectivity index (χ4v) is 3.65. The van der Waals surface area contributed by atoms with Gasteiger partial charge in [-0.15, -0.1) is 0 Å². The van der Waals surface area contributed by atoms with E-state index in [2.05, 4.69) is 15.0 Å². The Bertz CT molecular complexity index is 1010. The standard InChI is InChI=1S/C19H19ClFN5O/c1-12-16-17(20)15(19(27)25-9-7-24(2)8-10-25)11-22-18(16)26(23-12)14-5-3-13(21)4-6-14/h3-6,11H,7-10H2,1-2H3. The molecule has 4 rings (SSSR count). The normalized spacial score (nSPS) is 15.5. The molecule has 8 heteroatoms. The number of aryl methyl sites for hydroxylation is 1. The Hall–Kier alpha value is -2.51. The van der Waals surface area contributed by atoms with Crippen LogP contribution in [0.4, 0.5) is 4.39 Å². The maximum absolute atomic E-state index is 13.2. The van der Waals surface area contributed by atoms with Crippen LogP contribution in [0.25, 0.3) is 16.7 Å². The number of rotatable bonds is 2. The first-order valence-corrected chi connectivity index (χ1v) is 9.11. The van der Waals surface area contributed by atoms with Gasteiger partial charge in [-0.1, -0.05) is 11.6 Å². The quantitative estimate of drug-likeness (QED) is 0.678. The predicted molar refractivity (Wildman–Crippen MR) is 102 cm³/mol. The molecule has 6 nitrogen and oxygen atoms in total. The van der Waals surface area contributed by atoms with E-state index in [4.69, 9.17) is 11.6 Å².